The van der Waals surface area contributed by atoms with Gasteiger partial charge in [-0.15, -0.1) is 0 Å². The van der Waals surface area contributed by atoms with E-state index in [1.807, 2.05) is 0 Å². The molecule has 1 aliphatic rings. The maximum Gasteiger partial charge on any atom is 0.311 e. The van der Waals surface area contributed by atoms with Gasteiger partial charge < -0.3 is 29.2 Å². The van der Waals surface area contributed by atoms with Gasteiger partial charge in [-0.3, -0.25) is 4.79 Å². The maximum absolute atomic E-state index is 12.0. The van der Waals surface area contributed by atoms with Crippen LogP contribution in [0.2, 0.25) is 18.1 Å². The summed E-state index contributed by atoms with van der Waals surface area (Å²) in [6.45, 7) is 15.4. The first-order valence-electron chi connectivity index (χ1n) is 8.62. The molecule has 0 bridgehead atoms. The number of rotatable bonds is 4. The molecule has 0 unspecified atom stereocenters. The molecule has 0 saturated carbocycles. The molecule has 0 radical (unpaired) electrons. The minimum atomic E-state index is -2.07. The Morgan fingerprint density at radius 1 is 1.04 bits per heavy atom. The molecule has 148 valence electrons. The highest BCUT2D eigenvalue weighted by atomic mass is 28.4. The average molecular weight is 379 g/mol. The number of esters is 1. The lowest BCUT2D eigenvalue weighted by atomic mass is 9.96. The lowest BCUT2D eigenvalue weighted by Gasteiger charge is -2.43. The first-order valence-corrected chi connectivity index (χ1v) is 11.5. The molecule has 1 fully saturated rings. The van der Waals surface area contributed by atoms with Gasteiger partial charge in [-0.05, 0) is 38.9 Å². The van der Waals surface area contributed by atoms with Crippen molar-refractivity contribution in [2.24, 2.45) is 5.41 Å². The largest absolute Gasteiger partial charge is 0.454 e. The molecule has 3 N–H and O–H groups in total. The molecular weight excluding hydrogens is 344 g/mol. The highest BCUT2D eigenvalue weighted by Gasteiger charge is 2.48. The molecule has 1 heterocycles. The normalized spacial score (nSPS) is 31.7. The second-order valence-electron chi connectivity index (χ2n) is 9.24. The Morgan fingerprint density at radius 3 is 2.00 bits per heavy atom. The van der Waals surface area contributed by atoms with Crippen LogP contribution in [0.4, 0.5) is 0 Å². The standard InChI is InChI=1S/C17H34O7Si/c1-16(2,3)15(21)24-13-12(19)11(18)10(23-14(13)20)9-22-25(7,8)17(4,5)6/h10-14,18-20H,9H2,1-8H3/t10-,11-,12+,13-,14+/m1/s1. The van der Waals surface area contributed by atoms with Crippen LogP contribution in [0.5, 0.6) is 0 Å². The molecule has 8 heteroatoms. The molecule has 0 aliphatic carbocycles. The van der Waals surface area contributed by atoms with Crippen LogP contribution < -0.4 is 0 Å². The Bertz CT molecular complexity index is 467. The number of ether oxygens (including phenoxy) is 2. The molecule has 1 aliphatic heterocycles. The van der Waals surface area contributed by atoms with Gasteiger partial charge in [-0.2, -0.15) is 0 Å². The Hall–Kier alpha value is -0.513. The molecule has 0 aromatic heterocycles. The van der Waals surface area contributed by atoms with Gasteiger partial charge in [0.1, 0.15) is 18.3 Å². The van der Waals surface area contributed by atoms with Crippen molar-refractivity contribution in [3.05, 3.63) is 0 Å². The first kappa shape index (κ1) is 22.5. The summed E-state index contributed by atoms with van der Waals surface area (Å²) in [6, 6.07) is 0. The van der Waals surface area contributed by atoms with Crippen molar-refractivity contribution in [2.45, 2.75) is 90.4 Å². The molecule has 0 amide bonds. The van der Waals surface area contributed by atoms with Gasteiger partial charge in [0.25, 0.3) is 0 Å². The van der Waals surface area contributed by atoms with E-state index in [-0.39, 0.29) is 11.6 Å². The van der Waals surface area contributed by atoms with E-state index >= 15 is 0 Å². The highest BCUT2D eigenvalue weighted by molar-refractivity contribution is 6.74. The van der Waals surface area contributed by atoms with Crippen molar-refractivity contribution in [2.75, 3.05) is 6.61 Å². The van der Waals surface area contributed by atoms with E-state index in [0.717, 1.165) is 0 Å². The topological polar surface area (TPSA) is 105 Å². The predicted octanol–water partition coefficient (Wildman–Crippen LogP) is 1.41. The highest BCUT2D eigenvalue weighted by Crippen LogP contribution is 2.37. The van der Waals surface area contributed by atoms with Crippen LogP contribution in [0, 0.1) is 5.41 Å². The van der Waals surface area contributed by atoms with Crippen LogP contribution in [0.15, 0.2) is 0 Å². The van der Waals surface area contributed by atoms with E-state index in [1.165, 1.54) is 0 Å². The van der Waals surface area contributed by atoms with Gasteiger partial charge in [0, 0.05) is 0 Å². The summed E-state index contributed by atoms with van der Waals surface area (Å²) < 4.78 is 16.5. The molecule has 1 rings (SSSR count). The Morgan fingerprint density at radius 2 is 1.56 bits per heavy atom. The number of aliphatic hydroxyl groups excluding tert-OH is 3. The van der Waals surface area contributed by atoms with E-state index in [4.69, 9.17) is 13.9 Å². The van der Waals surface area contributed by atoms with Gasteiger partial charge in [0.15, 0.2) is 20.7 Å². The zero-order chi connectivity index (χ0) is 19.8. The third kappa shape index (κ3) is 5.48. The lowest BCUT2D eigenvalue weighted by molar-refractivity contribution is -0.291. The molecule has 0 aromatic carbocycles. The quantitative estimate of drug-likeness (QED) is 0.502. The van der Waals surface area contributed by atoms with Crippen LogP contribution in [-0.2, 0) is 18.7 Å². The number of carbonyl (C=O) groups excluding carboxylic acids is 1. The fourth-order valence-corrected chi connectivity index (χ4v) is 3.01. The Balaban J connectivity index is 2.75. The van der Waals surface area contributed by atoms with Gasteiger partial charge in [0.2, 0.25) is 0 Å². The summed E-state index contributed by atoms with van der Waals surface area (Å²) >= 11 is 0. The summed E-state index contributed by atoms with van der Waals surface area (Å²) in [5, 5.41) is 30.7. The molecule has 0 aromatic rings. The third-order valence-electron chi connectivity index (χ3n) is 4.93. The molecule has 0 spiro atoms. The SMILES string of the molecule is CC(C)(C)C(=O)O[C@@H]1[C@@H](O)[C@H](O)[C@@H](CO[Si](C)(C)C(C)(C)C)O[C@@H]1O. The summed E-state index contributed by atoms with van der Waals surface area (Å²) in [5.41, 5.74) is -0.799. The van der Waals surface area contributed by atoms with Crippen molar-refractivity contribution in [1.29, 1.82) is 0 Å². The maximum atomic E-state index is 12.0. The predicted molar refractivity (Wildman–Crippen MR) is 95.4 cm³/mol. The summed E-state index contributed by atoms with van der Waals surface area (Å²) in [7, 11) is -2.07. The first-order chi connectivity index (χ1) is 11.1. The van der Waals surface area contributed by atoms with Crippen LogP contribution >= 0.6 is 0 Å². The van der Waals surface area contributed by atoms with Crippen LogP contribution in [0.3, 0.4) is 0 Å². The van der Waals surface area contributed by atoms with Gasteiger partial charge >= 0.3 is 5.97 Å². The lowest BCUT2D eigenvalue weighted by Crippen LogP contribution is -2.61. The summed E-state index contributed by atoms with van der Waals surface area (Å²) in [5.74, 6) is -0.595. The van der Waals surface area contributed by atoms with Crippen LogP contribution in [0.25, 0.3) is 0 Å². The van der Waals surface area contributed by atoms with E-state index in [0.29, 0.717) is 0 Å². The van der Waals surface area contributed by atoms with Crippen LogP contribution in [0.1, 0.15) is 41.5 Å². The minimum Gasteiger partial charge on any atom is -0.454 e. The molecular formula is C17H34O7Si. The molecule has 1 saturated heterocycles. The van der Waals surface area contributed by atoms with Crippen molar-refractivity contribution < 1.29 is 34.0 Å². The number of hydrogen-bond acceptors (Lipinski definition) is 7. The minimum absolute atomic E-state index is 0.0192. The van der Waals surface area contributed by atoms with E-state index in [2.05, 4.69) is 33.9 Å². The average Bonchev–Trinajstić information content (AvgIpc) is 2.43. The zero-order valence-corrected chi connectivity index (χ0v) is 17.6. The Kier molecular flexibility index (Phi) is 6.86. The van der Waals surface area contributed by atoms with E-state index in [9.17, 15) is 20.1 Å². The van der Waals surface area contributed by atoms with Crippen molar-refractivity contribution in [3.63, 3.8) is 0 Å². The Labute approximate surface area is 151 Å². The van der Waals surface area contributed by atoms with Crippen molar-refractivity contribution in [3.8, 4) is 0 Å². The fourth-order valence-electron chi connectivity index (χ4n) is 1.99. The van der Waals surface area contributed by atoms with Gasteiger partial charge in [-0.1, -0.05) is 20.8 Å². The van der Waals surface area contributed by atoms with Crippen molar-refractivity contribution >= 4 is 14.3 Å². The molecule has 5 atom stereocenters. The van der Waals surface area contributed by atoms with Gasteiger partial charge in [0.05, 0.1) is 12.0 Å². The monoisotopic (exact) mass is 378 g/mol. The summed E-state index contributed by atoms with van der Waals surface area (Å²) in [6.07, 6.45) is -6.55. The molecule has 7 nitrogen and oxygen atoms in total. The van der Waals surface area contributed by atoms with Gasteiger partial charge in [-0.25, -0.2) is 0 Å². The van der Waals surface area contributed by atoms with Crippen molar-refractivity contribution in [1.82, 2.24) is 0 Å². The van der Waals surface area contributed by atoms with Crippen LogP contribution in [-0.4, -0.2) is 66.9 Å². The van der Waals surface area contributed by atoms with E-state index < -0.39 is 50.4 Å². The number of carbonyl (C=O) groups is 1. The molecule has 25 heavy (non-hydrogen) atoms. The zero-order valence-electron chi connectivity index (χ0n) is 16.6. The smallest absolute Gasteiger partial charge is 0.311 e. The fraction of sp³-hybridized carbons (Fsp3) is 0.941. The number of hydrogen-bond donors (Lipinski definition) is 3. The second kappa shape index (κ2) is 7.62. The van der Waals surface area contributed by atoms with E-state index in [1.54, 1.807) is 20.8 Å². The third-order valence-corrected chi connectivity index (χ3v) is 9.43. The summed E-state index contributed by atoms with van der Waals surface area (Å²) in [4.78, 5) is 12.0. The second-order valence-corrected chi connectivity index (χ2v) is 14.0. The number of aliphatic hydroxyl groups is 3.